The fourth-order valence-electron chi connectivity index (χ4n) is 5.71. The van der Waals surface area contributed by atoms with Crippen LogP contribution in [0.2, 0.25) is 0 Å². The lowest BCUT2D eigenvalue weighted by atomic mass is 9.93. The van der Waals surface area contributed by atoms with Crippen LogP contribution in [0.3, 0.4) is 0 Å². The average molecular weight is 602 g/mol. The minimum Gasteiger partial charge on any atom is -0.473 e. The topological polar surface area (TPSA) is 105 Å². The van der Waals surface area contributed by atoms with E-state index in [1.54, 1.807) is 24.3 Å². The summed E-state index contributed by atoms with van der Waals surface area (Å²) in [6, 6.07) is 15.6. The van der Waals surface area contributed by atoms with E-state index < -0.39 is 5.82 Å². The molecule has 1 amide bonds. The molecular weight excluding hydrogens is 565 g/mol. The van der Waals surface area contributed by atoms with Gasteiger partial charge in [0.15, 0.2) is 0 Å². The molecule has 2 aromatic carbocycles. The Kier molecular flexibility index (Phi) is 8.65. The minimum absolute atomic E-state index is 0.0151. The molecule has 10 nitrogen and oxygen atoms in total. The number of hydrogen-bond acceptors (Lipinski definition) is 9. The highest BCUT2D eigenvalue weighted by atomic mass is 19.1. The molecule has 4 heterocycles. The van der Waals surface area contributed by atoms with Crippen molar-refractivity contribution in [3.63, 3.8) is 0 Å². The summed E-state index contributed by atoms with van der Waals surface area (Å²) >= 11 is 0. The predicted molar refractivity (Wildman–Crippen MR) is 163 cm³/mol. The molecule has 2 N–H and O–H groups in total. The van der Waals surface area contributed by atoms with Crippen molar-refractivity contribution in [2.45, 2.75) is 37.9 Å². The minimum atomic E-state index is -0.494. The van der Waals surface area contributed by atoms with E-state index in [0.29, 0.717) is 23.6 Å². The maximum Gasteiger partial charge on any atom is 0.337 e. The summed E-state index contributed by atoms with van der Waals surface area (Å²) in [5.74, 6) is 0.472. The number of ether oxygens (including phenoxy) is 3. The highest BCUT2D eigenvalue weighted by Crippen LogP contribution is 2.39. The number of nitrogens with one attached hydrogen (secondary N) is 2. The molecule has 1 aromatic heterocycles. The Morgan fingerprint density at radius 1 is 1.11 bits per heavy atom. The number of esters is 1. The molecule has 230 valence electrons. The van der Waals surface area contributed by atoms with Crippen LogP contribution in [0.25, 0.3) is 0 Å². The molecule has 0 saturated carbocycles. The van der Waals surface area contributed by atoms with E-state index in [9.17, 15) is 14.0 Å². The molecule has 11 heteroatoms. The Morgan fingerprint density at radius 3 is 2.61 bits per heavy atom. The lowest BCUT2D eigenvalue weighted by Gasteiger charge is -2.34. The number of pyridine rings is 1. The van der Waals surface area contributed by atoms with Crippen molar-refractivity contribution < 1.29 is 28.2 Å². The Hall–Kier alpha value is -4.64. The van der Waals surface area contributed by atoms with Gasteiger partial charge in [0.2, 0.25) is 5.88 Å². The van der Waals surface area contributed by atoms with Gasteiger partial charge in [-0.05, 0) is 55.7 Å². The summed E-state index contributed by atoms with van der Waals surface area (Å²) in [7, 11) is 2.90. The summed E-state index contributed by atoms with van der Waals surface area (Å²) in [5, 5.41) is 6.02. The van der Waals surface area contributed by atoms with Gasteiger partial charge in [-0.15, -0.1) is 0 Å². The predicted octanol–water partition coefficient (Wildman–Crippen LogP) is 4.65. The first-order valence-electron chi connectivity index (χ1n) is 14.9. The van der Waals surface area contributed by atoms with E-state index in [0.717, 1.165) is 61.8 Å². The van der Waals surface area contributed by atoms with Gasteiger partial charge in [0.05, 0.1) is 36.7 Å². The van der Waals surface area contributed by atoms with Gasteiger partial charge in [-0.1, -0.05) is 12.1 Å². The van der Waals surface area contributed by atoms with Crippen LogP contribution in [0.1, 0.15) is 57.2 Å². The smallest absolute Gasteiger partial charge is 0.337 e. The third kappa shape index (κ3) is 6.33. The number of carbonyl (C=O) groups excluding carboxylic acids is 2. The molecule has 3 aliphatic heterocycles. The fourth-order valence-corrected chi connectivity index (χ4v) is 5.71. The highest BCUT2D eigenvalue weighted by Gasteiger charge is 2.31. The van der Waals surface area contributed by atoms with Gasteiger partial charge in [0.1, 0.15) is 18.2 Å². The molecular formula is C33H36FN5O5. The SMILES string of the molecule is CNC(=O)c1ccc(COc2cccc(C3CCN(C=C4Nc5ccc(C(=O)OC)cc5N4C[C@@H]4CCO4)CC3)n2)c(F)c1. The lowest BCUT2D eigenvalue weighted by molar-refractivity contribution is -0.0437. The number of benzene rings is 2. The molecule has 3 aromatic rings. The number of anilines is 2. The van der Waals surface area contributed by atoms with Crippen LogP contribution < -0.4 is 20.3 Å². The summed E-state index contributed by atoms with van der Waals surface area (Å²) in [6.07, 6.45) is 5.15. The number of likely N-dealkylation sites (tertiary alicyclic amines) is 1. The first kappa shape index (κ1) is 29.4. The second kappa shape index (κ2) is 12.9. The van der Waals surface area contributed by atoms with E-state index in [1.807, 2.05) is 24.3 Å². The zero-order chi connectivity index (χ0) is 30.6. The summed E-state index contributed by atoms with van der Waals surface area (Å²) < 4.78 is 31.0. The molecule has 2 fully saturated rings. The highest BCUT2D eigenvalue weighted by molar-refractivity contribution is 5.94. The van der Waals surface area contributed by atoms with Crippen LogP contribution in [-0.2, 0) is 16.1 Å². The van der Waals surface area contributed by atoms with Gasteiger partial charge in [-0.3, -0.25) is 4.79 Å². The number of carbonyl (C=O) groups is 2. The maximum atomic E-state index is 14.5. The fraction of sp³-hybridized carbons (Fsp3) is 0.364. The normalized spacial score (nSPS) is 18.8. The zero-order valence-electron chi connectivity index (χ0n) is 24.8. The van der Waals surface area contributed by atoms with Gasteiger partial charge >= 0.3 is 5.97 Å². The van der Waals surface area contributed by atoms with Gasteiger partial charge < -0.3 is 34.6 Å². The molecule has 0 radical (unpaired) electrons. The largest absolute Gasteiger partial charge is 0.473 e. The van der Waals surface area contributed by atoms with Crippen molar-refractivity contribution in [1.29, 1.82) is 0 Å². The van der Waals surface area contributed by atoms with Crippen LogP contribution in [0.4, 0.5) is 15.8 Å². The standard InChI is InChI=1S/C33H36FN5O5/c1-35-32(40)22-6-7-24(26(34)16-22)20-44-31-5-3-4-27(37-31)21-10-13-38(14-11-21)19-30-36-28-9-8-23(33(41)42-2)17-29(28)39(30)18-25-12-15-43-25/h3-9,16-17,19,21,25,36H,10-15,18,20H2,1-2H3,(H,35,40)/t25-/m0/s1. The van der Waals surface area contributed by atoms with Crippen molar-refractivity contribution in [1.82, 2.24) is 15.2 Å². The number of fused-ring (bicyclic) bond motifs is 1. The molecule has 44 heavy (non-hydrogen) atoms. The third-order valence-corrected chi connectivity index (χ3v) is 8.36. The number of halogens is 1. The Balaban J connectivity index is 1.09. The maximum absolute atomic E-state index is 14.5. The van der Waals surface area contributed by atoms with Crippen molar-refractivity contribution in [3.05, 3.63) is 94.8 Å². The molecule has 1 atom stereocenters. The second-order valence-electron chi connectivity index (χ2n) is 11.1. The van der Waals surface area contributed by atoms with Crippen LogP contribution in [0.5, 0.6) is 5.88 Å². The number of nitrogens with zero attached hydrogens (tertiary/aromatic N) is 3. The summed E-state index contributed by atoms with van der Waals surface area (Å²) in [4.78, 5) is 33.2. The van der Waals surface area contributed by atoms with Crippen molar-refractivity contribution in [3.8, 4) is 5.88 Å². The Bertz CT molecular complexity index is 1570. The van der Waals surface area contributed by atoms with Crippen LogP contribution >= 0.6 is 0 Å². The molecule has 0 bridgehead atoms. The lowest BCUT2D eigenvalue weighted by Crippen LogP contribution is -2.40. The second-order valence-corrected chi connectivity index (χ2v) is 11.1. The molecule has 0 aliphatic carbocycles. The van der Waals surface area contributed by atoms with E-state index in [4.69, 9.17) is 19.2 Å². The molecule has 0 spiro atoms. The van der Waals surface area contributed by atoms with Crippen LogP contribution in [0.15, 0.2) is 66.6 Å². The average Bonchev–Trinajstić information content (AvgIpc) is 3.37. The van der Waals surface area contributed by atoms with Crippen molar-refractivity contribution in [2.24, 2.45) is 0 Å². The zero-order valence-corrected chi connectivity index (χ0v) is 24.8. The monoisotopic (exact) mass is 601 g/mol. The quantitative estimate of drug-likeness (QED) is 0.339. The number of rotatable bonds is 9. The van der Waals surface area contributed by atoms with Crippen molar-refractivity contribution >= 4 is 23.3 Å². The molecule has 0 unspecified atom stereocenters. The number of aromatic nitrogens is 1. The summed E-state index contributed by atoms with van der Waals surface area (Å²) in [5.41, 5.74) is 3.97. The van der Waals surface area contributed by atoms with Gasteiger partial charge in [-0.2, -0.15) is 0 Å². The van der Waals surface area contributed by atoms with E-state index >= 15 is 0 Å². The molecule has 2 saturated heterocycles. The van der Waals surface area contributed by atoms with Crippen LogP contribution in [-0.4, -0.2) is 68.3 Å². The van der Waals surface area contributed by atoms with Gasteiger partial charge in [0.25, 0.3) is 5.91 Å². The van der Waals surface area contributed by atoms with Crippen LogP contribution in [0, 0.1) is 5.82 Å². The van der Waals surface area contributed by atoms with E-state index in [1.165, 1.54) is 20.2 Å². The van der Waals surface area contributed by atoms with Gasteiger partial charge in [0, 0.05) is 61.7 Å². The molecule has 6 rings (SSSR count). The first-order chi connectivity index (χ1) is 21.4. The van der Waals surface area contributed by atoms with E-state index in [-0.39, 0.29) is 36.1 Å². The molecule has 3 aliphatic rings. The van der Waals surface area contributed by atoms with E-state index in [2.05, 4.69) is 26.6 Å². The van der Waals surface area contributed by atoms with Crippen molar-refractivity contribution in [2.75, 3.05) is 50.6 Å². The third-order valence-electron chi connectivity index (χ3n) is 8.36. The first-order valence-corrected chi connectivity index (χ1v) is 14.9. The number of piperidine rings is 1. The van der Waals surface area contributed by atoms with Gasteiger partial charge in [-0.25, -0.2) is 14.2 Å². The Morgan fingerprint density at radius 2 is 1.91 bits per heavy atom. The number of amides is 1. The number of hydrogen-bond donors (Lipinski definition) is 2. The Labute approximate surface area is 255 Å². The summed E-state index contributed by atoms with van der Waals surface area (Å²) in [6.45, 7) is 3.19. The number of methoxy groups -OCH3 is 1.